The summed E-state index contributed by atoms with van der Waals surface area (Å²) in [6, 6.07) is 0.528. The molecule has 0 bridgehead atoms. The zero-order chi connectivity index (χ0) is 6.43. The molecule has 52 valence electrons. The Labute approximate surface area is 56.0 Å². The van der Waals surface area contributed by atoms with E-state index in [0.717, 1.165) is 11.8 Å². The molecule has 0 radical (unpaired) electrons. The normalized spacial score (nSPS) is 50.7. The molecule has 1 saturated heterocycles. The smallest absolute Gasteiger partial charge is 0.00857 e. The van der Waals surface area contributed by atoms with Gasteiger partial charge in [0.1, 0.15) is 0 Å². The summed E-state index contributed by atoms with van der Waals surface area (Å²) in [5.41, 5.74) is 5.80. The average molecular weight is 126 g/mol. The molecule has 1 aliphatic carbocycles. The standard InChI is InChI=1S/C7H14N2/c1-9-3-5-2-7(8)6(5)4-9/h5-7H,2-4,8H2,1H3/t5-,6+,7-/m1/s1. The van der Waals surface area contributed by atoms with E-state index in [0.29, 0.717) is 6.04 Å². The maximum atomic E-state index is 5.80. The summed E-state index contributed by atoms with van der Waals surface area (Å²) in [5.74, 6) is 1.79. The Balaban J connectivity index is 2.00. The van der Waals surface area contributed by atoms with E-state index in [4.69, 9.17) is 5.73 Å². The van der Waals surface area contributed by atoms with Crippen LogP contribution in [0.15, 0.2) is 0 Å². The molecule has 2 nitrogen and oxygen atoms in total. The van der Waals surface area contributed by atoms with E-state index < -0.39 is 0 Å². The molecule has 2 rings (SSSR count). The Kier molecular flexibility index (Phi) is 1.08. The molecule has 0 aromatic rings. The monoisotopic (exact) mass is 126 g/mol. The van der Waals surface area contributed by atoms with Crippen LogP contribution in [0.1, 0.15) is 6.42 Å². The van der Waals surface area contributed by atoms with Crippen LogP contribution in [-0.2, 0) is 0 Å². The molecule has 0 aromatic carbocycles. The second-order valence-electron chi connectivity index (χ2n) is 3.54. The minimum Gasteiger partial charge on any atom is -0.327 e. The first-order valence-electron chi connectivity index (χ1n) is 3.71. The van der Waals surface area contributed by atoms with E-state index in [1.807, 2.05) is 0 Å². The van der Waals surface area contributed by atoms with Crippen molar-refractivity contribution < 1.29 is 0 Å². The lowest BCUT2D eigenvalue weighted by Gasteiger charge is -2.36. The van der Waals surface area contributed by atoms with Crippen molar-refractivity contribution in [2.45, 2.75) is 12.5 Å². The Bertz CT molecular complexity index is 124. The first-order chi connectivity index (χ1) is 4.27. The van der Waals surface area contributed by atoms with Crippen LogP contribution in [-0.4, -0.2) is 31.1 Å². The van der Waals surface area contributed by atoms with Gasteiger partial charge in [-0.2, -0.15) is 0 Å². The summed E-state index contributed by atoms with van der Waals surface area (Å²) < 4.78 is 0. The van der Waals surface area contributed by atoms with Gasteiger partial charge in [-0.1, -0.05) is 0 Å². The molecule has 0 spiro atoms. The molecule has 0 aromatic heterocycles. The number of nitrogens with zero attached hydrogens (tertiary/aromatic N) is 1. The van der Waals surface area contributed by atoms with Gasteiger partial charge in [0.25, 0.3) is 0 Å². The fourth-order valence-corrected chi connectivity index (χ4v) is 2.18. The second kappa shape index (κ2) is 1.70. The highest BCUT2D eigenvalue weighted by Gasteiger charge is 2.43. The van der Waals surface area contributed by atoms with E-state index >= 15 is 0 Å². The first kappa shape index (κ1) is 5.69. The van der Waals surface area contributed by atoms with Crippen LogP contribution in [0.5, 0.6) is 0 Å². The first-order valence-corrected chi connectivity index (χ1v) is 3.71. The van der Waals surface area contributed by atoms with Gasteiger partial charge in [-0.15, -0.1) is 0 Å². The van der Waals surface area contributed by atoms with Gasteiger partial charge in [0.15, 0.2) is 0 Å². The predicted molar refractivity (Wildman–Crippen MR) is 37.1 cm³/mol. The lowest BCUT2D eigenvalue weighted by atomic mass is 9.72. The van der Waals surface area contributed by atoms with E-state index in [-0.39, 0.29) is 0 Å². The predicted octanol–water partition coefficient (Wildman–Crippen LogP) is -0.105. The molecule has 2 heteroatoms. The van der Waals surface area contributed by atoms with Gasteiger partial charge in [-0.3, -0.25) is 0 Å². The quantitative estimate of drug-likeness (QED) is 0.491. The van der Waals surface area contributed by atoms with Gasteiger partial charge in [0.2, 0.25) is 0 Å². The molecule has 2 fully saturated rings. The lowest BCUT2D eigenvalue weighted by Crippen LogP contribution is -2.46. The molecule has 9 heavy (non-hydrogen) atoms. The lowest BCUT2D eigenvalue weighted by molar-refractivity contribution is 0.194. The zero-order valence-corrected chi connectivity index (χ0v) is 5.88. The highest BCUT2D eigenvalue weighted by Crippen LogP contribution is 2.38. The fraction of sp³-hybridized carbons (Fsp3) is 1.00. The van der Waals surface area contributed by atoms with Crippen molar-refractivity contribution in [2.75, 3.05) is 20.1 Å². The van der Waals surface area contributed by atoms with E-state index in [1.54, 1.807) is 0 Å². The van der Waals surface area contributed by atoms with Gasteiger partial charge in [0.05, 0.1) is 0 Å². The third kappa shape index (κ3) is 0.700. The van der Waals surface area contributed by atoms with Gasteiger partial charge < -0.3 is 10.6 Å². The summed E-state index contributed by atoms with van der Waals surface area (Å²) in [6.45, 7) is 2.53. The van der Waals surface area contributed by atoms with Crippen molar-refractivity contribution in [3.63, 3.8) is 0 Å². The van der Waals surface area contributed by atoms with E-state index in [9.17, 15) is 0 Å². The largest absolute Gasteiger partial charge is 0.327 e. The summed E-state index contributed by atoms with van der Waals surface area (Å²) in [6.07, 6.45) is 1.27. The van der Waals surface area contributed by atoms with Gasteiger partial charge in [-0.05, 0) is 25.3 Å². The van der Waals surface area contributed by atoms with Crippen LogP contribution in [0.3, 0.4) is 0 Å². The van der Waals surface area contributed by atoms with Crippen molar-refractivity contribution in [1.29, 1.82) is 0 Å². The zero-order valence-electron chi connectivity index (χ0n) is 5.88. The number of rotatable bonds is 0. The van der Waals surface area contributed by atoms with Crippen molar-refractivity contribution in [1.82, 2.24) is 4.90 Å². The molecule has 3 atom stereocenters. The summed E-state index contributed by atoms with van der Waals surface area (Å²) >= 11 is 0. The minimum atomic E-state index is 0.528. The summed E-state index contributed by atoms with van der Waals surface area (Å²) in [5, 5.41) is 0. The number of hydrogen-bond acceptors (Lipinski definition) is 2. The summed E-state index contributed by atoms with van der Waals surface area (Å²) in [7, 11) is 2.19. The molecule has 1 saturated carbocycles. The summed E-state index contributed by atoms with van der Waals surface area (Å²) in [4.78, 5) is 2.39. The van der Waals surface area contributed by atoms with Crippen molar-refractivity contribution in [2.24, 2.45) is 17.6 Å². The minimum absolute atomic E-state index is 0.528. The molecule has 2 N–H and O–H groups in total. The topological polar surface area (TPSA) is 29.3 Å². The number of fused-ring (bicyclic) bond motifs is 1. The highest BCUT2D eigenvalue weighted by atomic mass is 15.1. The number of hydrogen-bond donors (Lipinski definition) is 1. The fourth-order valence-electron chi connectivity index (χ4n) is 2.18. The molecular weight excluding hydrogens is 112 g/mol. The van der Waals surface area contributed by atoms with Gasteiger partial charge in [0, 0.05) is 19.1 Å². The van der Waals surface area contributed by atoms with Crippen molar-refractivity contribution in [3.8, 4) is 0 Å². The van der Waals surface area contributed by atoms with Gasteiger partial charge >= 0.3 is 0 Å². The second-order valence-corrected chi connectivity index (χ2v) is 3.54. The van der Waals surface area contributed by atoms with Crippen LogP contribution >= 0.6 is 0 Å². The van der Waals surface area contributed by atoms with E-state index in [2.05, 4.69) is 11.9 Å². The molecule has 0 unspecified atom stereocenters. The molecule has 0 amide bonds. The molecular formula is C7H14N2. The third-order valence-electron chi connectivity index (χ3n) is 2.80. The Hall–Kier alpha value is -0.0800. The van der Waals surface area contributed by atoms with Gasteiger partial charge in [-0.25, -0.2) is 0 Å². The van der Waals surface area contributed by atoms with E-state index in [1.165, 1.54) is 19.5 Å². The van der Waals surface area contributed by atoms with Crippen molar-refractivity contribution >= 4 is 0 Å². The van der Waals surface area contributed by atoms with Crippen LogP contribution in [0.25, 0.3) is 0 Å². The number of nitrogens with two attached hydrogens (primary N) is 1. The molecule has 1 heterocycles. The maximum absolute atomic E-state index is 5.80. The molecule has 1 aliphatic heterocycles. The van der Waals surface area contributed by atoms with Crippen LogP contribution < -0.4 is 5.73 Å². The Morgan fingerprint density at radius 1 is 1.44 bits per heavy atom. The average Bonchev–Trinajstić information content (AvgIpc) is 2.08. The van der Waals surface area contributed by atoms with Crippen molar-refractivity contribution in [3.05, 3.63) is 0 Å². The highest BCUT2D eigenvalue weighted by molar-refractivity contribution is 4.98. The van der Waals surface area contributed by atoms with Crippen LogP contribution in [0.4, 0.5) is 0 Å². The SMILES string of the molecule is CN1C[C@H]2C[C@@H](N)[C@H]2C1. The maximum Gasteiger partial charge on any atom is 0.00857 e. The van der Waals surface area contributed by atoms with Crippen LogP contribution in [0, 0.1) is 11.8 Å². The third-order valence-corrected chi connectivity index (χ3v) is 2.80. The Morgan fingerprint density at radius 2 is 2.22 bits per heavy atom. The number of likely N-dealkylation sites (tertiary alicyclic amines) is 1. The Morgan fingerprint density at radius 3 is 2.67 bits per heavy atom. The van der Waals surface area contributed by atoms with Crippen LogP contribution in [0.2, 0.25) is 0 Å². The molecule has 2 aliphatic rings.